The van der Waals surface area contributed by atoms with Gasteiger partial charge in [0.25, 0.3) is 0 Å². The molecule has 2 rings (SSSR count). The summed E-state index contributed by atoms with van der Waals surface area (Å²) < 4.78 is 5.06. The molecule has 0 fully saturated rings. The Morgan fingerprint density at radius 2 is 1.95 bits per heavy atom. The first-order chi connectivity index (χ1) is 9.13. The van der Waals surface area contributed by atoms with Crippen LogP contribution in [-0.2, 0) is 0 Å². The first-order valence-electron chi connectivity index (χ1n) is 5.80. The van der Waals surface area contributed by atoms with Gasteiger partial charge in [-0.2, -0.15) is 0 Å². The van der Waals surface area contributed by atoms with Crippen molar-refractivity contribution in [3.8, 4) is 5.88 Å². The lowest BCUT2D eigenvalue weighted by Gasteiger charge is -2.13. The summed E-state index contributed by atoms with van der Waals surface area (Å²) >= 11 is 0. The number of methoxy groups -OCH3 is 1. The van der Waals surface area contributed by atoms with Crippen LogP contribution in [0, 0.1) is 0 Å². The Kier molecular flexibility index (Phi) is 3.75. The second-order valence-electron chi connectivity index (χ2n) is 4.19. The van der Waals surface area contributed by atoms with Crippen molar-refractivity contribution < 1.29 is 9.53 Å². The van der Waals surface area contributed by atoms with Crippen molar-refractivity contribution in [1.82, 2.24) is 9.97 Å². The maximum atomic E-state index is 12.4. The van der Waals surface area contributed by atoms with Crippen LogP contribution in [0.4, 0.5) is 5.69 Å². The van der Waals surface area contributed by atoms with Crippen molar-refractivity contribution >= 4 is 11.5 Å². The Labute approximate surface area is 111 Å². The second-order valence-corrected chi connectivity index (χ2v) is 4.19. The maximum absolute atomic E-state index is 12.4. The summed E-state index contributed by atoms with van der Waals surface area (Å²) in [6.45, 7) is 0. The third-order valence-electron chi connectivity index (χ3n) is 2.70. The van der Waals surface area contributed by atoms with Gasteiger partial charge in [0, 0.05) is 37.7 Å². The molecule has 1 aromatic carbocycles. The van der Waals surface area contributed by atoms with Gasteiger partial charge in [0.15, 0.2) is 5.69 Å². The van der Waals surface area contributed by atoms with Gasteiger partial charge in [-0.05, 0) is 12.1 Å². The highest BCUT2D eigenvalue weighted by molar-refractivity contribution is 6.09. The fourth-order valence-electron chi connectivity index (χ4n) is 1.69. The number of ketones is 1. The summed E-state index contributed by atoms with van der Waals surface area (Å²) in [4.78, 5) is 22.4. The van der Waals surface area contributed by atoms with Gasteiger partial charge < -0.3 is 9.64 Å². The van der Waals surface area contributed by atoms with Gasteiger partial charge in [-0.15, -0.1) is 0 Å². The zero-order valence-corrected chi connectivity index (χ0v) is 11.1. The number of rotatable bonds is 4. The Bertz CT molecular complexity index is 597. The third kappa shape index (κ3) is 2.70. The molecule has 2 aromatic rings. The number of aromatic nitrogens is 2. The minimum atomic E-state index is -0.200. The zero-order valence-electron chi connectivity index (χ0n) is 11.1. The Morgan fingerprint density at radius 1 is 1.21 bits per heavy atom. The van der Waals surface area contributed by atoms with E-state index < -0.39 is 0 Å². The van der Waals surface area contributed by atoms with Crippen molar-refractivity contribution in [3.05, 3.63) is 47.9 Å². The fraction of sp³-hybridized carbons (Fsp3) is 0.214. The zero-order chi connectivity index (χ0) is 13.8. The smallest absolute Gasteiger partial charge is 0.243 e. The van der Waals surface area contributed by atoms with E-state index in [1.165, 1.54) is 19.5 Å². The molecule has 5 heteroatoms. The first kappa shape index (κ1) is 13.0. The lowest BCUT2D eigenvalue weighted by Crippen LogP contribution is -2.11. The molecule has 98 valence electrons. The first-order valence-corrected chi connectivity index (χ1v) is 5.80. The van der Waals surface area contributed by atoms with Crippen molar-refractivity contribution in [2.24, 2.45) is 0 Å². The number of hydrogen-bond acceptors (Lipinski definition) is 5. The van der Waals surface area contributed by atoms with Gasteiger partial charge in [0.2, 0.25) is 11.7 Å². The van der Waals surface area contributed by atoms with E-state index >= 15 is 0 Å². The van der Waals surface area contributed by atoms with Crippen LogP contribution < -0.4 is 9.64 Å². The number of nitrogens with zero attached hydrogens (tertiary/aromatic N) is 3. The summed E-state index contributed by atoms with van der Waals surface area (Å²) in [5.74, 6) is 0.0383. The molecule has 0 unspecified atom stereocenters. The van der Waals surface area contributed by atoms with E-state index in [0.29, 0.717) is 5.56 Å². The van der Waals surface area contributed by atoms with Crippen molar-refractivity contribution in [2.45, 2.75) is 0 Å². The molecule has 0 aliphatic carbocycles. The molecule has 5 nitrogen and oxygen atoms in total. The predicted octanol–water partition coefficient (Wildman–Crippen LogP) is 1.78. The highest BCUT2D eigenvalue weighted by Crippen LogP contribution is 2.19. The summed E-state index contributed by atoms with van der Waals surface area (Å²) in [5.41, 5.74) is 1.74. The van der Waals surface area contributed by atoms with Crippen LogP contribution in [0.1, 0.15) is 16.1 Å². The molecule has 0 spiro atoms. The Hall–Kier alpha value is -2.43. The Morgan fingerprint density at radius 3 is 2.63 bits per heavy atom. The van der Waals surface area contributed by atoms with Crippen LogP contribution in [0.15, 0.2) is 36.7 Å². The molecule has 0 saturated carbocycles. The van der Waals surface area contributed by atoms with E-state index in [4.69, 9.17) is 4.74 Å². The van der Waals surface area contributed by atoms with Gasteiger partial charge in [0.1, 0.15) is 0 Å². The van der Waals surface area contributed by atoms with Gasteiger partial charge in [-0.3, -0.25) is 4.79 Å². The number of carbonyl (C=O) groups excluding carboxylic acids is 1. The van der Waals surface area contributed by atoms with Crippen LogP contribution in [0.5, 0.6) is 5.88 Å². The Balaban J connectivity index is 2.41. The van der Waals surface area contributed by atoms with Crippen LogP contribution in [0.3, 0.4) is 0 Å². The normalized spacial score (nSPS) is 10.1. The molecule has 1 heterocycles. The van der Waals surface area contributed by atoms with E-state index in [9.17, 15) is 4.79 Å². The summed E-state index contributed by atoms with van der Waals surface area (Å²) in [6, 6.07) is 7.34. The van der Waals surface area contributed by atoms with Crippen LogP contribution in [0.25, 0.3) is 0 Å². The van der Waals surface area contributed by atoms with Gasteiger partial charge in [0.05, 0.1) is 7.11 Å². The van der Waals surface area contributed by atoms with Crippen molar-refractivity contribution in [1.29, 1.82) is 0 Å². The number of ether oxygens (including phenoxy) is 1. The molecule has 0 bridgehead atoms. The standard InChI is InChI=1S/C14H15N3O2/c1-17(2)11-6-4-5-10(9-11)13(18)12-14(19-3)16-8-7-15-12/h4-9H,1-3H3. The maximum Gasteiger partial charge on any atom is 0.243 e. The minimum absolute atomic E-state index is 0.200. The van der Waals surface area contributed by atoms with Crippen LogP contribution in [0.2, 0.25) is 0 Å². The van der Waals surface area contributed by atoms with E-state index in [-0.39, 0.29) is 17.4 Å². The summed E-state index contributed by atoms with van der Waals surface area (Å²) in [5, 5.41) is 0. The van der Waals surface area contributed by atoms with E-state index in [1.54, 1.807) is 6.07 Å². The monoisotopic (exact) mass is 257 g/mol. The van der Waals surface area contributed by atoms with Crippen LogP contribution in [-0.4, -0.2) is 37.0 Å². The summed E-state index contributed by atoms with van der Waals surface area (Å²) in [7, 11) is 5.32. The van der Waals surface area contributed by atoms with Crippen LogP contribution >= 0.6 is 0 Å². The van der Waals surface area contributed by atoms with E-state index in [2.05, 4.69) is 9.97 Å². The molecule has 0 radical (unpaired) electrons. The molecule has 1 aromatic heterocycles. The molecule has 0 aliphatic heterocycles. The predicted molar refractivity (Wildman–Crippen MR) is 72.8 cm³/mol. The number of anilines is 1. The minimum Gasteiger partial charge on any atom is -0.479 e. The highest BCUT2D eigenvalue weighted by Gasteiger charge is 2.17. The summed E-state index contributed by atoms with van der Waals surface area (Å²) in [6.07, 6.45) is 2.97. The lowest BCUT2D eigenvalue weighted by molar-refractivity contribution is 0.103. The lowest BCUT2D eigenvalue weighted by atomic mass is 10.1. The van der Waals surface area contributed by atoms with Crippen molar-refractivity contribution in [2.75, 3.05) is 26.1 Å². The second kappa shape index (κ2) is 5.48. The van der Waals surface area contributed by atoms with Gasteiger partial charge in [-0.1, -0.05) is 12.1 Å². The van der Waals surface area contributed by atoms with Gasteiger partial charge in [-0.25, -0.2) is 9.97 Å². The number of hydrogen-bond donors (Lipinski definition) is 0. The van der Waals surface area contributed by atoms with E-state index in [1.807, 2.05) is 37.2 Å². The number of benzene rings is 1. The van der Waals surface area contributed by atoms with Gasteiger partial charge >= 0.3 is 0 Å². The molecule has 0 aliphatic rings. The van der Waals surface area contributed by atoms with E-state index in [0.717, 1.165) is 5.69 Å². The molecule has 0 amide bonds. The molecular formula is C14H15N3O2. The average Bonchev–Trinajstić information content (AvgIpc) is 2.46. The SMILES string of the molecule is COc1nccnc1C(=O)c1cccc(N(C)C)c1. The number of carbonyl (C=O) groups is 1. The van der Waals surface area contributed by atoms with Crippen molar-refractivity contribution in [3.63, 3.8) is 0 Å². The largest absolute Gasteiger partial charge is 0.479 e. The molecule has 19 heavy (non-hydrogen) atoms. The average molecular weight is 257 g/mol. The molecular weight excluding hydrogens is 242 g/mol. The topological polar surface area (TPSA) is 55.3 Å². The highest BCUT2D eigenvalue weighted by atomic mass is 16.5. The molecule has 0 saturated heterocycles. The third-order valence-corrected chi connectivity index (χ3v) is 2.70. The molecule has 0 N–H and O–H groups in total. The molecule has 0 atom stereocenters. The fourth-order valence-corrected chi connectivity index (χ4v) is 1.69. The quantitative estimate of drug-likeness (QED) is 0.781.